The average molecular weight is 383 g/mol. The summed E-state index contributed by atoms with van der Waals surface area (Å²) >= 11 is 0. The van der Waals surface area contributed by atoms with Crippen LogP contribution in [0.2, 0.25) is 0 Å². The van der Waals surface area contributed by atoms with Crippen LogP contribution in [0.5, 0.6) is 5.75 Å². The van der Waals surface area contributed by atoms with E-state index in [1.54, 1.807) is 7.11 Å². The van der Waals surface area contributed by atoms with E-state index in [-0.39, 0.29) is 6.03 Å². The van der Waals surface area contributed by atoms with Gasteiger partial charge in [0.2, 0.25) is 0 Å². The Morgan fingerprint density at radius 3 is 2.25 bits per heavy atom. The van der Waals surface area contributed by atoms with Gasteiger partial charge in [-0.1, -0.05) is 12.1 Å². The summed E-state index contributed by atoms with van der Waals surface area (Å²) in [7, 11) is 1.69. The Bertz CT molecular complexity index is 766. The molecular weight excluding hydrogens is 352 g/mol. The van der Waals surface area contributed by atoms with Gasteiger partial charge in [-0.15, -0.1) is 0 Å². The Hall–Kier alpha value is -2.89. The van der Waals surface area contributed by atoms with Crippen molar-refractivity contribution >= 4 is 23.1 Å². The first-order chi connectivity index (χ1) is 13.7. The molecule has 0 radical (unpaired) electrons. The van der Waals surface area contributed by atoms with Gasteiger partial charge < -0.3 is 24.8 Å². The van der Waals surface area contributed by atoms with Crippen molar-refractivity contribution in [3.8, 4) is 5.75 Å². The van der Waals surface area contributed by atoms with Gasteiger partial charge in [-0.3, -0.25) is 0 Å². The SMILES string of the molecule is CCN(CC)c1ccc(NC(=O)N2CCN(c3ccccc3OC)CC2)cc1. The third-order valence-corrected chi connectivity index (χ3v) is 5.24. The van der Waals surface area contributed by atoms with Crippen LogP contribution in [0, 0.1) is 0 Å². The maximum Gasteiger partial charge on any atom is 0.321 e. The van der Waals surface area contributed by atoms with Crippen LogP contribution in [0.4, 0.5) is 21.9 Å². The number of hydrogen-bond donors (Lipinski definition) is 1. The Morgan fingerprint density at radius 2 is 1.64 bits per heavy atom. The summed E-state index contributed by atoms with van der Waals surface area (Å²) in [5.41, 5.74) is 3.08. The van der Waals surface area contributed by atoms with E-state index in [2.05, 4.69) is 47.2 Å². The van der Waals surface area contributed by atoms with Gasteiger partial charge in [0.25, 0.3) is 0 Å². The highest BCUT2D eigenvalue weighted by atomic mass is 16.5. The number of carbonyl (C=O) groups is 1. The zero-order valence-electron chi connectivity index (χ0n) is 17.0. The third-order valence-electron chi connectivity index (χ3n) is 5.24. The number of carbonyl (C=O) groups excluding carboxylic acids is 1. The molecule has 28 heavy (non-hydrogen) atoms. The number of amides is 2. The Labute approximate surface area is 167 Å². The summed E-state index contributed by atoms with van der Waals surface area (Å²) in [6, 6.07) is 16.0. The summed E-state index contributed by atoms with van der Waals surface area (Å²) in [6.07, 6.45) is 0. The minimum absolute atomic E-state index is 0.0461. The van der Waals surface area contributed by atoms with Crippen molar-refractivity contribution in [2.75, 3.05) is 61.5 Å². The first kappa shape index (κ1) is 19.9. The van der Waals surface area contributed by atoms with Crippen LogP contribution in [-0.4, -0.2) is 57.3 Å². The molecular formula is C22H30N4O2. The molecule has 2 aromatic carbocycles. The lowest BCUT2D eigenvalue weighted by molar-refractivity contribution is 0.208. The maximum absolute atomic E-state index is 12.6. The van der Waals surface area contributed by atoms with E-state index >= 15 is 0 Å². The first-order valence-electron chi connectivity index (χ1n) is 9.95. The molecule has 0 aliphatic carbocycles. The zero-order valence-corrected chi connectivity index (χ0v) is 17.0. The van der Waals surface area contributed by atoms with Gasteiger partial charge in [0, 0.05) is 50.6 Å². The van der Waals surface area contributed by atoms with Crippen LogP contribution in [0.25, 0.3) is 0 Å². The van der Waals surface area contributed by atoms with Gasteiger partial charge in [-0.25, -0.2) is 4.79 Å². The summed E-state index contributed by atoms with van der Waals surface area (Å²) in [5, 5.41) is 3.02. The van der Waals surface area contributed by atoms with E-state index in [0.29, 0.717) is 13.1 Å². The number of hydrogen-bond acceptors (Lipinski definition) is 4. The minimum Gasteiger partial charge on any atom is -0.495 e. The number of nitrogens with zero attached hydrogens (tertiary/aromatic N) is 3. The van der Waals surface area contributed by atoms with E-state index < -0.39 is 0 Å². The molecule has 0 aromatic heterocycles. The molecule has 0 saturated carbocycles. The summed E-state index contributed by atoms with van der Waals surface area (Å²) in [6.45, 7) is 9.16. The van der Waals surface area contributed by atoms with Crippen LogP contribution in [-0.2, 0) is 0 Å². The number of ether oxygens (including phenoxy) is 1. The molecule has 1 aliphatic heterocycles. The van der Waals surface area contributed by atoms with Crippen molar-refractivity contribution in [3.63, 3.8) is 0 Å². The van der Waals surface area contributed by atoms with Gasteiger partial charge in [0.1, 0.15) is 5.75 Å². The lowest BCUT2D eigenvalue weighted by Gasteiger charge is -2.36. The van der Waals surface area contributed by atoms with Crippen LogP contribution in [0.3, 0.4) is 0 Å². The standard InChI is InChI=1S/C22H30N4O2/c1-4-24(5-2)19-12-10-18(11-13-19)23-22(27)26-16-14-25(15-17-26)20-8-6-7-9-21(20)28-3/h6-13H,4-5,14-17H2,1-3H3,(H,23,27). The van der Waals surface area contributed by atoms with E-state index in [4.69, 9.17) is 4.74 Å². The van der Waals surface area contributed by atoms with Gasteiger partial charge in [0.15, 0.2) is 0 Å². The fraction of sp³-hybridized carbons (Fsp3) is 0.409. The molecule has 2 aromatic rings. The highest BCUT2D eigenvalue weighted by Gasteiger charge is 2.22. The number of nitrogens with one attached hydrogen (secondary N) is 1. The van der Waals surface area contributed by atoms with E-state index in [1.807, 2.05) is 35.2 Å². The number of para-hydroxylation sites is 2. The highest BCUT2D eigenvalue weighted by Crippen LogP contribution is 2.28. The molecule has 0 atom stereocenters. The van der Waals surface area contributed by atoms with Gasteiger partial charge >= 0.3 is 6.03 Å². The van der Waals surface area contributed by atoms with Crippen molar-refractivity contribution < 1.29 is 9.53 Å². The largest absolute Gasteiger partial charge is 0.495 e. The first-order valence-corrected chi connectivity index (χ1v) is 9.95. The maximum atomic E-state index is 12.6. The second-order valence-electron chi connectivity index (χ2n) is 6.80. The molecule has 0 unspecified atom stereocenters. The average Bonchev–Trinajstić information content (AvgIpc) is 2.76. The predicted molar refractivity (Wildman–Crippen MR) is 116 cm³/mol. The van der Waals surface area contributed by atoms with E-state index in [9.17, 15) is 4.79 Å². The quantitative estimate of drug-likeness (QED) is 0.823. The molecule has 1 heterocycles. The normalized spacial score (nSPS) is 14.0. The Kier molecular flexibility index (Phi) is 6.63. The number of urea groups is 1. The summed E-state index contributed by atoms with van der Waals surface area (Å²) < 4.78 is 5.46. The van der Waals surface area contributed by atoms with Crippen molar-refractivity contribution in [3.05, 3.63) is 48.5 Å². The van der Waals surface area contributed by atoms with Gasteiger partial charge in [0.05, 0.1) is 12.8 Å². The summed E-state index contributed by atoms with van der Waals surface area (Å²) in [5.74, 6) is 0.869. The number of piperazine rings is 1. The molecule has 1 fully saturated rings. The minimum atomic E-state index is -0.0461. The molecule has 3 rings (SSSR count). The topological polar surface area (TPSA) is 48.1 Å². The molecule has 1 N–H and O–H groups in total. The number of benzene rings is 2. The zero-order chi connectivity index (χ0) is 19.9. The fourth-order valence-corrected chi connectivity index (χ4v) is 3.59. The van der Waals surface area contributed by atoms with Crippen LogP contribution in [0.1, 0.15) is 13.8 Å². The Balaban J connectivity index is 1.55. The molecule has 0 spiro atoms. The number of rotatable bonds is 6. The smallest absolute Gasteiger partial charge is 0.321 e. The van der Waals surface area contributed by atoms with Gasteiger partial charge in [-0.05, 0) is 50.2 Å². The molecule has 6 heteroatoms. The highest BCUT2D eigenvalue weighted by molar-refractivity contribution is 5.89. The second-order valence-corrected chi connectivity index (χ2v) is 6.80. The van der Waals surface area contributed by atoms with Crippen LogP contribution < -0.4 is 19.9 Å². The molecule has 2 amide bonds. The number of methoxy groups -OCH3 is 1. The molecule has 6 nitrogen and oxygen atoms in total. The lowest BCUT2D eigenvalue weighted by atomic mass is 10.2. The summed E-state index contributed by atoms with van der Waals surface area (Å²) in [4.78, 5) is 19.0. The van der Waals surface area contributed by atoms with Gasteiger partial charge in [-0.2, -0.15) is 0 Å². The fourth-order valence-electron chi connectivity index (χ4n) is 3.59. The van der Waals surface area contributed by atoms with Crippen molar-refractivity contribution in [2.24, 2.45) is 0 Å². The molecule has 0 bridgehead atoms. The van der Waals surface area contributed by atoms with Crippen molar-refractivity contribution in [1.29, 1.82) is 0 Å². The third kappa shape index (κ3) is 4.50. The van der Waals surface area contributed by atoms with Crippen LogP contribution >= 0.6 is 0 Å². The molecule has 1 aliphatic rings. The predicted octanol–water partition coefficient (Wildman–Crippen LogP) is 3.90. The van der Waals surface area contributed by atoms with E-state index in [0.717, 1.165) is 43.3 Å². The molecule has 1 saturated heterocycles. The van der Waals surface area contributed by atoms with Crippen LogP contribution in [0.15, 0.2) is 48.5 Å². The Morgan fingerprint density at radius 1 is 1.00 bits per heavy atom. The molecule has 150 valence electrons. The van der Waals surface area contributed by atoms with E-state index in [1.165, 1.54) is 5.69 Å². The van der Waals surface area contributed by atoms with Crippen molar-refractivity contribution in [1.82, 2.24) is 4.90 Å². The lowest BCUT2D eigenvalue weighted by Crippen LogP contribution is -2.50. The monoisotopic (exact) mass is 382 g/mol. The number of anilines is 3. The van der Waals surface area contributed by atoms with Crippen molar-refractivity contribution in [2.45, 2.75) is 13.8 Å². The second kappa shape index (κ2) is 9.35.